The molecule has 8 atom stereocenters. The Morgan fingerprint density at radius 2 is 0.850 bits per heavy atom. The lowest BCUT2D eigenvalue weighted by Crippen LogP contribution is -2.59. The van der Waals surface area contributed by atoms with Gasteiger partial charge in [-0.15, -0.1) is 0 Å². The summed E-state index contributed by atoms with van der Waals surface area (Å²) in [5.74, 6) is -15.4. The third-order valence-electron chi connectivity index (χ3n) is 12.1. The molecule has 0 spiro atoms. The molecule has 454 valence electrons. The minimum absolute atomic E-state index is 0.0233. The second-order valence-electron chi connectivity index (χ2n) is 19.3. The molecule has 0 bridgehead atoms. The van der Waals surface area contributed by atoms with Crippen LogP contribution in [-0.4, -0.2) is 177 Å². The first-order chi connectivity index (χ1) is 37.7. The zero-order chi connectivity index (χ0) is 60.7. The van der Waals surface area contributed by atoms with Crippen molar-refractivity contribution in [1.29, 1.82) is 0 Å². The second-order valence-corrected chi connectivity index (χ2v) is 19.3. The Hall–Kier alpha value is -7.66. The van der Waals surface area contributed by atoms with Crippen LogP contribution in [0, 0.1) is 0 Å². The maximum absolute atomic E-state index is 13.8. The number of aliphatic hydroxyl groups is 1. The first-order valence-electron chi connectivity index (χ1n) is 26.9. The van der Waals surface area contributed by atoms with E-state index in [9.17, 15) is 87.9 Å². The molecule has 0 aliphatic carbocycles. The minimum Gasteiger partial charge on any atom is -0.481 e. The Kier molecular flexibility index (Phi) is 37.4. The summed E-state index contributed by atoms with van der Waals surface area (Å²) in [7, 11) is 0. The van der Waals surface area contributed by atoms with E-state index in [2.05, 4.69) is 49.1 Å². The molecule has 9 amide bonds. The second kappa shape index (κ2) is 41.4. The normalized spacial score (nSPS) is 13.8. The van der Waals surface area contributed by atoms with E-state index in [4.69, 9.17) is 11.5 Å². The Morgan fingerprint density at radius 3 is 1.31 bits per heavy atom. The van der Waals surface area contributed by atoms with Gasteiger partial charge in [-0.1, -0.05) is 84.0 Å². The van der Waals surface area contributed by atoms with Crippen LogP contribution in [0.25, 0.3) is 0 Å². The van der Waals surface area contributed by atoms with Crippen LogP contribution in [0.3, 0.4) is 0 Å². The highest BCUT2D eigenvalue weighted by Crippen LogP contribution is 2.13. The maximum Gasteiger partial charge on any atom is 0.328 e. The van der Waals surface area contributed by atoms with Gasteiger partial charge in [0.15, 0.2) is 12.0 Å². The standard InChI is InChI=1S/C50H86N12O18/c1-5-6-7-8-9-10-11-12-13-14-15-16-17-20-36(64)54-27-37(65)56-29(2)43(73)57-30(3)44(74)59-33(21-23-39(67)68)46(76)61-34(22-24-40(69)70)47(77)60-32(19-18-25-53-50(51)52)45(75)55-28-38(66)58-35(26-41(71)72)48(78)62-42(31(4)63)49(79)80/h29-35,42,63H,5-28H2,1-4H3,(H,54,64)(H,55,75)(H,56,65)(H,57,73)(H,58,66)(H,59,74)(H,60,77)(H,61,76)(H,62,78)(H,67,68)(H,69,70)(H,71,72)(H,79,80)(H4,51,52,53)/t29-,30-,31+,32-,33-,34-,35-,42-/m0/s1. The SMILES string of the molecule is CCCCCCCCCCCCCCCC(=O)NCC(=O)N[C@@H](C)C(=O)N[C@@H](C)C(=O)N[C@@H](CCC(=O)O)C(=O)N[C@@H](CCC(=O)O)C(=O)N[C@@H](CCCN=C(N)N)C(=O)NCC(=O)N[C@@H](CC(=O)O)C(=O)N[C@H](C(=O)O)[C@@H](C)O. The van der Waals surface area contributed by atoms with Crippen molar-refractivity contribution in [1.82, 2.24) is 47.9 Å². The van der Waals surface area contributed by atoms with Crippen molar-refractivity contribution in [3.05, 3.63) is 0 Å². The van der Waals surface area contributed by atoms with Crippen molar-refractivity contribution in [2.24, 2.45) is 16.5 Å². The van der Waals surface area contributed by atoms with Gasteiger partial charge in [-0.25, -0.2) is 4.79 Å². The van der Waals surface area contributed by atoms with Gasteiger partial charge in [0, 0.05) is 25.8 Å². The number of aliphatic carboxylic acids is 4. The Balaban J connectivity index is 5.77. The monoisotopic (exact) mass is 1140 g/mol. The van der Waals surface area contributed by atoms with Gasteiger partial charge in [-0.3, -0.25) is 62.5 Å². The number of carbonyl (C=O) groups is 13. The highest BCUT2D eigenvalue weighted by atomic mass is 16.4. The number of aliphatic imine (C=N–C) groups is 1. The van der Waals surface area contributed by atoms with Crippen LogP contribution in [-0.2, 0) is 62.3 Å². The molecule has 0 aromatic carbocycles. The molecule has 0 aliphatic heterocycles. The van der Waals surface area contributed by atoms with Crippen molar-refractivity contribution in [3.63, 3.8) is 0 Å². The number of hydrogen-bond donors (Lipinski definition) is 16. The number of nitrogens with two attached hydrogens (primary N) is 2. The summed E-state index contributed by atoms with van der Waals surface area (Å²) in [6.45, 7) is 4.24. The number of rotatable bonds is 45. The van der Waals surface area contributed by atoms with Crippen LogP contribution < -0.4 is 59.3 Å². The number of nitrogens with one attached hydrogen (secondary N) is 9. The van der Waals surface area contributed by atoms with E-state index in [1.165, 1.54) is 65.2 Å². The van der Waals surface area contributed by atoms with E-state index in [1.807, 2.05) is 10.6 Å². The van der Waals surface area contributed by atoms with Crippen molar-refractivity contribution in [2.45, 2.75) is 211 Å². The molecule has 0 rings (SSSR count). The van der Waals surface area contributed by atoms with Crippen LogP contribution in [0.2, 0.25) is 0 Å². The highest BCUT2D eigenvalue weighted by Gasteiger charge is 2.34. The molecule has 0 aromatic heterocycles. The molecular formula is C50H86N12O18. The van der Waals surface area contributed by atoms with E-state index in [1.54, 1.807) is 0 Å². The lowest BCUT2D eigenvalue weighted by Gasteiger charge is -2.26. The fourth-order valence-corrected chi connectivity index (χ4v) is 7.58. The minimum atomic E-state index is -1.91. The van der Waals surface area contributed by atoms with Gasteiger partial charge >= 0.3 is 23.9 Å². The maximum atomic E-state index is 13.8. The van der Waals surface area contributed by atoms with Crippen molar-refractivity contribution < 1.29 is 87.9 Å². The van der Waals surface area contributed by atoms with Crippen LogP contribution >= 0.6 is 0 Å². The lowest BCUT2D eigenvalue weighted by atomic mass is 10.0. The van der Waals surface area contributed by atoms with Crippen molar-refractivity contribution >= 4 is 83.0 Å². The molecule has 0 saturated heterocycles. The third-order valence-corrected chi connectivity index (χ3v) is 12.1. The number of aliphatic hydroxyl groups excluding tert-OH is 1. The first-order valence-corrected chi connectivity index (χ1v) is 26.9. The molecule has 0 fully saturated rings. The van der Waals surface area contributed by atoms with E-state index < -0.39 is 165 Å². The molecule has 30 nitrogen and oxygen atoms in total. The van der Waals surface area contributed by atoms with Gasteiger partial charge < -0.3 is 84.9 Å². The number of carboxylic acids is 4. The summed E-state index contributed by atoms with van der Waals surface area (Å²) < 4.78 is 0. The summed E-state index contributed by atoms with van der Waals surface area (Å²) in [6, 6.07) is -11.6. The Bertz CT molecular complexity index is 2090. The largest absolute Gasteiger partial charge is 0.481 e. The van der Waals surface area contributed by atoms with Crippen LogP contribution in [0.5, 0.6) is 0 Å². The quantitative estimate of drug-likeness (QED) is 0.0176. The molecule has 80 heavy (non-hydrogen) atoms. The van der Waals surface area contributed by atoms with Gasteiger partial charge in [0.25, 0.3) is 0 Å². The topological polar surface area (TPSA) is 496 Å². The molecule has 0 saturated carbocycles. The zero-order valence-corrected chi connectivity index (χ0v) is 46.2. The first kappa shape index (κ1) is 72.3. The number of guanidine groups is 1. The number of hydrogen-bond acceptors (Lipinski definition) is 15. The van der Waals surface area contributed by atoms with E-state index in [-0.39, 0.29) is 37.7 Å². The number of nitrogens with zero attached hydrogens (tertiary/aromatic N) is 1. The average Bonchev–Trinajstić information content (AvgIpc) is 3.37. The van der Waals surface area contributed by atoms with E-state index in [0.717, 1.165) is 32.6 Å². The predicted octanol–water partition coefficient (Wildman–Crippen LogP) is -2.14. The van der Waals surface area contributed by atoms with Crippen LogP contribution in [0.4, 0.5) is 0 Å². The average molecular weight is 1140 g/mol. The van der Waals surface area contributed by atoms with Gasteiger partial charge in [0.1, 0.15) is 36.3 Å². The molecular weight excluding hydrogens is 1060 g/mol. The van der Waals surface area contributed by atoms with Gasteiger partial charge in [-0.2, -0.15) is 0 Å². The molecule has 0 unspecified atom stereocenters. The third kappa shape index (κ3) is 35.0. The molecule has 0 heterocycles. The molecule has 30 heteroatoms. The van der Waals surface area contributed by atoms with Crippen LogP contribution in [0.15, 0.2) is 4.99 Å². The number of carbonyl (C=O) groups excluding carboxylic acids is 9. The zero-order valence-electron chi connectivity index (χ0n) is 46.2. The Labute approximate surface area is 464 Å². The smallest absolute Gasteiger partial charge is 0.328 e. The van der Waals surface area contributed by atoms with E-state index >= 15 is 0 Å². The van der Waals surface area contributed by atoms with Crippen LogP contribution in [0.1, 0.15) is 163 Å². The fraction of sp³-hybridized carbons (Fsp3) is 0.720. The molecule has 0 aromatic rings. The molecule has 0 radical (unpaired) electrons. The van der Waals surface area contributed by atoms with Gasteiger partial charge in [-0.05, 0) is 52.9 Å². The summed E-state index contributed by atoms with van der Waals surface area (Å²) in [5.41, 5.74) is 10.7. The predicted molar refractivity (Wildman–Crippen MR) is 286 cm³/mol. The number of carboxylic acid groups (broad SMARTS) is 4. The number of amides is 9. The molecule has 0 aliphatic rings. The summed E-state index contributed by atoms with van der Waals surface area (Å²) >= 11 is 0. The number of unbranched alkanes of at least 4 members (excludes halogenated alkanes) is 12. The summed E-state index contributed by atoms with van der Waals surface area (Å²) in [6.07, 6.45) is 9.40. The fourth-order valence-electron chi connectivity index (χ4n) is 7.58. The van der Waals surface area contributed by atoms with Gasteiger partial charge in [0.2, 0.25) is 53.2 Å². The molecule has 18 N–H and O–H groups in total. The highest BCUT2D eigenvalue weighted by molar-refractivity contribution is 5.98. The Morgan fingerprint density at radius 1 is 0.425 bits per heavy atom. The van der Waals surface area contributed by atoms with Gasteiger partial charge in [0.05, 0.1) is 25.6 Å². The lowest BCUT2D eigenvalue weighted by molar-refractivity contribution is -0.146. The van der Waals surface area contributed by atoms with Crippen molar-refractivity contribution in [2.75, 3.05) is 19.6 Å². The summed E-state index contributed by atoms with van der Waals surface area (Å²) in [5, 5.41) is 67.3. The van der Waals surface area contributed by atoms with Crippen molar-refractivity contribution in [3.8, 4) is 0 Å². The van der Waals surface area contributed by atoms with E-state index in [0.29, 0.717) is 6.42 Å². The summed E-state index contributed by atoms with van der Waals surface area (Å²) in [4.78, 5) is 168.